The van der Waals surface area contributed by atoms with Crippen LogP contribution >= 0.6 is 0 Å². The minimum absolute atomic E-state index is 0.792. The van der Waals surface area contributed by atoms with Gasteiger partial charge < -0.3 is 0 Å². The van der Waals surface area contributed by atoms with Gasteiger partial charge in [-0.25, -0.2) is 0 Å². The summed E-state index contributed by atoms with van der Waals surface area (Å²) in [5, 5.41) is 0. The van der Waals surface area contributed by atoms with Crippen LogP contribution in [0, 0.1) is 23.7 Å². The summed E-state index contributed by atoms with van der Waals surface area (Å²) in [5.74, 6) is 3.45. The van der Waals surface area contributed by atoms with Crippen molar-refractivity contribution >= 4 is 0 Å². The average molecular weight is 124 g/mol. The maximum absolute atomic E-state index is 3.82. The Labute approximate surface area is 58.0 Å². The van der Waals surface area contributed by atoms with E-state index in [0.29, 0.717) is 0 Å². The van der Waals surface area contributed by atoms with Crippen molar-refractivity contribution in [3.63, 3.8) is 0 Å². The van der Waals surface area contributed by atoms with Crippen molar-refractivity contribution in [3.05, 3.63) is 12.7 Å². The van der Waals surface area contributed by atoms with E-state index in [1.807, 2.05) is 0 Å². The topological polar surface area (TPSA) is 0 Å². The molecule has 0 nitrogen and oxygen atoms in total. The SMILES string of the molecule is C=CC1C(C)C(C)C1C. The zero-order chi connectivity index (χ0) is 7.02. The van der Waals surface area contributed by atoms with Crippen LogP contribution in [0.2, 0.25) is 0 Å². The molecule has 0 heteroatoms. The Kier molecular flexibility index (Phi) is 1.65. The maximum atomic E-state index is 3.82. The van der Waals surface area contributed by atoms with E-state index in [1.54, 1.807) is 0 Å². The summed E-state index contributed by atoms with van der Waals surface area (Å²) in [6, 6.07) is 0. The van der Waals surface area contributed by atoms with E-state index in [9.17, 15) is 0 Å². The number of rotatable bonds is 1. The van der Waals surface area contributed by atoms with Crippen LogP contribution in [-0.2, 0) is 0 Å². The van der Waals surface area contributed by atoms with Crippen molar-refractivity contribution in [2.75, 3.05) is 0 Å². The Hall–Kier alpha value is -0.260. The smallest absolute Gasteiger partial charge is 0.0179 e. The Morgan fingerprint density at radius 1 is 1.00 bits per heavy atom. The molecule has 9 heavy (non-hydrogen) atoms. The molecule has 0 saturated heterocycles. The van der Waals surface area contributed by atoms with E-state index < -0.39 is 0 Å². The summed E-state index contributed by atoms with van der Waals surface area (Å²) in [7, 11) is 0. The van der Waals surface area contributed by atoms with Crippen LogP contribution in [0.4, 0.5) is 0 Å². The first-order valence-corrected chi connectivity index (χ1v) is 3.81. The first kappa shape index (κ1) is 6.85. The molecular formula is C9H16. The molecule has 1 saturated carbocycles. The summed E-state index contributed by atoms with van der Waals surface area (Å²) >= 11 is 0. The largest absolute Gasteiger partial charge is 0.103 e. The van der Waals surface area contributed by atoms with Gasteiger partial charge in [-0.3, -0.25) is 0 Å². The van der Waals surface area contributed by atoms with Crippen molar-refractivity contribution in [1.82, 2.24) is 0 Å². The molecule has 1 aliphatic carbocycles. The third-order valence-corrected chi connectivity index (χ3v) is 3.15. The molecule has 0 aromatic rings. The van der Waals surface area contributed by atoms with Crippen LogP contribution in [0.25, 0.3) is 0 Å². The Bertz CT molecular complexity index is 105. The summed E-state index contributed by atoms with van der Waals surface area (Å²) in [6.07, 6.45) is 2.11. The maximum Gasteiger partial charge on any atom is -0.0179 e. The second-order valence-corrected chi connectivity index (χ2v) is 3.39. The lowest BCUT2D eigenvalue weighted by Crippen LogP contribution is -2.40. The zero-order valence-corrected chi connectivity index (χ0v) is 6.59. The molecule has 0 aromatic carbocycles. The summed E-state index contributed by atoms with van der Waals surface area (Å²) < 4.78 is 0. The predicted molar refractivity (Wildman–Crippen MR) is 41.2 cm³/mol. The van der Waals surface area contributed by atoms with Gasteiger partial charge in [-0.1, -0.05) is 26.8 Å². The van der Waals surface area contributed by atoms with E-state index in [4.69, 9.17) is 0 Å². The first-order chi connectivity index (χ1) is 4.18. The van der Waals surface area contributed by atoms with Crippen LogP contribution in [0.3, 0.4) is 0 Å². The second-order valence-electron chi connectivity index (χ2n) is 3.39. The highest BCUT2D eigenvalue weighted by Gasteiger charge is 2.39. The zero-order valence-electron chi connectivity index (χ0n) is 6.59. The predicted octanol–water partition coefficient (Wildman–Crippen LogP) is 2.71. The molecule has 0 heterocycles. The minimum atomic E-state index is 0.792. The normalized spacial score (nSPS) is 50.1. The molecule has 1 fully saturated rings. The van der Waals surface area contributed by atoms with Gasteiger partial charge in [0.25, 0.3) is 0 Å². The van der Waals surface area contributed by atoms with Crippen molar-refractivity contribution in [2.45, 2.75) is 20.8 Å². The fourth-order valence-corrected chi connectivity index (χ4v) is 1.94. The molecule has 0 aliphatic heterocycles. The second kappa shape index (κ2) is 2.17. The van der Waals surface area contributed by atoms with E-state index >= 15 is 0 Å². The lowest BCUT2D eigenvalue weighted by Gasteiger charge is -2.46. The fourth-order valence-electron chi connectivity index (χ4n) is 1.94. The molecule has 2 atom stereocenters. The molecule has 0 N–H and O–H groups in total. The molecule has 52 valence electrons. The van der Waals surface area contributed by atoms with Gasteiger partial charge in [-0.05, 0) is 23.7 Å². The monoisotopic (exact) mass is 124 g/mol. The van der Waals surface area contributed by atoms with Gasteiger partial charge in [0, 0.05) is 0 Å². The molecule has 1 aliphatic rings. The lowest BCUT2D eigenvalue weighted by molar-refractivity contribution is 0.0523. The molecule has 0 aromatic heterocycles. The van der Waals surface area contributed by atoms with Crippen molar-refractivity contribution in [2.24, 2.45) is 23.7 Å². The van der Waals surface area contributed by atoms with Gasteiger partial charge in [0.2, 0.25) is 0 Å². The molecule has 1 rings (SSSR count). The lowest BCUT2D eigenvalue weighted by atomic mass is 9.59. The molecule has 2 unspecified atom stereocenters. The molecule has 0 bridgehead atoms. The Morgan fingerprint density at radius 2 is 1.44 bits per heavy atom. The third-order valence-electron chi connectivity index (χ3n) is 3.15. The number of allylic oxidation sites excluding steroid dienone is 1. The summed E-state index contributed by atoms with van der Waals surface area (Å²) in [4.78, 5) is 0. The Balaban J connectivity index is 2.50. The highest BCUT2D eigenvalue weighted by molar-refractivity contribution is 4.98. The summed E-state index contributed by atoms with van der Waals surface area (Å²) in [5.41, 5.74) is 0. The van der Waals surface area contributed by atoms with E-state index in [-0.39, 0.29) is 0 Å². The van der Waals surface area contributed by atoms with Crippen molar-refractivity contribution < 1.29 is 0 Å². The third kappa shape index (κ3) is 0.810. The van der Waals surface area contributed by atoms with Crippen LogP contribution in [0.15, 0.2) is 12.7 Å². The van der Waals surface area contributed by atoms with Crippen molar-refractivity contribution in [3.8, 4) is 0 Å². The number of hydrogen-bond donors (Lipinski definition) is 0. The highest BCUT2D eigenvalue weighted by Crippen LogP contribution is 2.45. The van der Waals surface area contributed by atoms with E-state index in [2.05, 4.69) is 33.4 Å². The minimum Gasteiger partial charge on any atom is -0.103 e. The van der Waals surface area contributed by atoms with Crippen molar-refractivity contribution in [1.29, 1.82) is 0 Å². The van der Waals surface area contributed by atoms with Gasteiger partial charge in [-0.2, -0.15) is 0 Å². The van der Waals surface area contributed by atoms with E-state index in [1.165, 1.54) is 0 Å². The van der Waals surface area contributed by atoms with Gasteiger partial charge in [0.15, 0.2) is 0 Å². The quantitative estimate of drug-likeness (QED) is 0.471. The van der Waals surface area contributed by atoms with Gasteiger partial charge in [0.1, 0.15) is 0 Å². The van der Waals surface area contributed by atoms with Crippen LogP contribution in [-0.4, -0.2) is 0 Å². The highest BCUT2D eigenvalue weighted by atomic mass is 14.4. The number of hydrogen-bond acceptors (Lipinski definition) is 0. The first-order valence-electron chi connectivity index (χ1n) is 3.81. The molecular weight excluding hydrogens is 108 g/mol. The van der Waals surface area contributed by atoms with Gasteiger partial charge >= 0.3 is 0 Å². The van der Waals surface area contributed by atoms with Gasteiger partial charge in [-0.15, -0.1) is 6.58 Å². The van der Waals surface area contributed by atoms with Crippen LogP contribution < -0.4 is 0 Å². The van der Waals surface area contributed by atoms with Gasteiger partial charge in [0.05, 0.1) is 0 Å². The fraction of sp³-hybridized carbons (Fsp3) is 0.778. The Morgan fingerprint density at radius 3 is 1.67 bits per heavy atom. The van der Waals surface area contributed by atoms with Crippen LogP contribution in [0.1, 0.15) is 20.8 Å². The standard InChI is InChI=1S/C9H16/c1-5-9-7(3)6(2)8(9)4/h5-9H,1H2,2-4H3. The summed E-state index contributed by atoms with van der Waals surface area (Å²) in [6.45, 7) is 10.8. The molecule has 0 radical (unpaired) electrons. The van der Waals surface area contributed by atoms with E-state index in [0.717, 1.165) is 23.7 Å². The molecule has 0 spiro atoms. The van der Waals surface area contributed by atoms with Crippen LogP contribution in [0.5, 0.6) is 0 Å². The average Bonchev–Trinajstić information content (AvgIpc) is 1.89. The molecule has 0 amide bonds.